The summed E-state index contributed by atoms with van der Waals surface area (Å²) >= 11 is 0. The van der Waals surface area contributed by atoms with Crippen LogP contribution in [0.1, 0.15) is 245 Å². The van der Waals surface area contributed by atoms with Crippen molar-refractivity contribution in [3.05, 3.63) is 85.1 Å². The molecule has 0 amide bonds. The average Bonchev–Trinajstić information content (AvgIpc) is 3.29. The maximum absolute atomic E-state index is 12.8. The number of unbranched alkanes of at least 4 members (excludes halogenated alkanes) is 22. The minimum Gasteiger partial charge on any atom is -0.462 e. The van der Waals surface area contributed by atoms with Crippen LogP contribution >= 0.6 is 0 Å². The van der Waals surface area contributed by atoms with Crippen LogP contribution in [0, 0.1) is 0 Å². The van der Waals surface area contributed by atoms with Gasteiger partial charge in [0.2, 0.25) is 0 Å². The zero-order chi connectivity index (χ0) is 46.5. The average molecular weight is 891 g/mol. The van der Waals surface area contributed by atoms with Crippen LogP contribution in [0.4, 0.5) is 0 Å². The van der Waals surface area contributed by atoms with Gasteiger partial charge in [-0.2, -0.15) is 0 Å². The van der Waals surface area contributed by atoms with Crippen LogP contribution in [0.5, 0.6) is 0 Å². The SMILES string of the molecule is CC/C=C\C/C=C\C/C=C\C/C=C\CCCCC(=O)OC(COC(=O)CCCCCCC/C=C\CCC)COC(=O)CCCCCCCCCCC/C=C\C/C=C\CCCCCCC. The number of ether oxygens (including phenoxy) is 3. The summed E-state index contributed by atoms with van der Waals surface area (Å²) in [5, 5.41) is 0. The zero-order valence-electron chi connectivity index (χ0n) is 41.8. The first-order valence-electron chi connectivity index (χ1n) is 26.6. The van der Waals surface area contributed by atoms with Gasteiger partial charge in [-0.1, -0.05) is 202 Å². The van der Waals surface area contributed by atoms with E-state index in [4.69, 9.17) is 14.2 Å². The lowest BCUT2D eigenvalue weighted by molar-refractivity contribution is -0.167. The van der Waals surface area contributed by atoms with E-state index in [1.165, 1.54) is 96.3 Å². The van der Waals surface area contributed by atoms with E-state index in [1.807, 2.05) is 0 Å². The molecule has 6 nitrogen and oxygen atoms in total. The summed E-state index contributed by atoms with van der Waals surface area (Å²) in [5.41, 5.74) is 0. The Bertz CT molecular complexity index is 1250. The standard InChI is InChI=1S/C58H98O6/c1-4-7-10-13-16-19-22-24-26-27-28-29-30-31-33-34-36-39-42-45-48-51-57(60)63-54-55(53-62-56(59)50-47-44-41-38-21-18-15-12-9-6-3)64-58(61)52-49-46-43-40-37-35-32-25-23-20-17-14-11-8-5-2/h8,11-12,15,17,20,22,24-25,27-28,32,37,40,55H,4-7,9-10,13-14,16,18-19,21,23,26,29-31,33-36,38-39,41-54H2,1-3H3/b11-8-,15-12-,20-17-,24-22-,28-27-,32-25-,40-37-. The van der Waals surface area contributed by atoms with Gasteiger partial charge in [-0.3, -0.25) is 14.4 Å². The van der Waals surface area contributed by atoms with Crippen LogP contribution in [0.25, 0.3) is 0 Å². The highest BCUT2D eigenvalue weighted by molar-refractivity contribution is 5.71. The molecular formula is C58H98O6. The number of carbonyl (C=O) groups excluding carboxylic acids is 3. The van der Waals surface area contributed by atoms with Gasteiger partial charge in [0.05, 0.1) is 0 Å². The van der Waals surface area contributed by atoms with Gasteiger partial charge in [0.25, 0.3) is 0 Å². The van der Waals surface area contributed by atoms with Gasteiger partial charge >= 0.3 is 17.9 Å². The third-order valence-corrected chi connectivity index (χ3v) is 11.1. The Morgan fingerprint density at radius 1 is 0.328 bits per heavy atom. The molecule has 0 aliphatic rings. The maximum atomic E-state index is 12.8. The Kier molecular flexibility index (Phi) is 49.4. The van der Waals surface area contributed by atoms with E-state index in [0.717, 1.165) is 103 Å². The van der Waals surface area contributed by atoms with Crippen molar-refractivity contribution >= 4 is 17.9 Å². The summed E-state index contributed by atoms with van der Waals surface area (Å²) in [5.74, 6) is -0.956. The lowest BCUT2D eigenvalue weighted by Gasteiger charge is -2.18. The number of hydrogen-bond donors (Lipinski definition) is 0. The first-order valence-corrected chi connectivity index (χ1v) is 26.6. The molecular weight excluding hydrogens is 793 g/mol. The molecule has 0 rings (SSSR count). The van der Waals surface area contributed by atoms with Crippen molar-refractivity contribution in [2.45, 2.75) is 252 Å². The van der Waals surface area contributed by atoms with Crippen LogP contribution in [0.2, 0.25) is 0 Å². The molecule has 6 heteroatoms. The molecule has 0 radical (unpaired) electrons. The Labute approximate surface area is 395 Å². The first kappa shape index (κ1) is 60.6. The van der Waals surface area contributed by atoms with E-state index in [0.29, 0.717) is 19.3 Å². The highest BCUT2D eigenvalue weighted by Crippen LogP contribution is 2.14. The topological polar surface area (TPSA) is 78.9 Å². The van der Waals surface area contributed by atoms with Gasteiger partial charge in [-0.05, 0) is 109 Å². The van der Waals surface area contributed by atoms with Crippen LogP contribution in [0.15, 0.2) is 85.1 Å². The number of hydrogen-bond acceptors (Lipinski definition) is 6. The molecule has 0 aromatic carbocycles. The molecule has 0 aromatic heterocycles. The number of esters is 3. The van der Waals surface area contributed by atoms with Crippen molar-refractivity contribution in [2.75, 3.05) is 13.2 Å². The Morgan fingerprint density at radius 2 is 0.641 bits per heavy atom. The van der Waals surface area contributed by atoms with E-state index in [-0.39, 0.29) is 37.5 Å². The maximum Gasteiger partial charge on any atom is 0.306 e. The van der Waals surface area contributed by atoms with E-state index in [2.05, 4.69) is 106 Å². The zero-order valence-corrected chi connectivity index (χ0v) is 41.8. The van der Waals surface area contributed by atoms with E-state index >= 15 is 0 Å². The minimum absolute atomic E-state index is 0.0986. The molecule has 0 heterocycles. The smallest absolute Gasteiger partial charge is 0.306 e. The number of rotatable bonds is 47. The van der Waals surface area contributed by atoms with E-state index < -0.39 is 6.10 Å². The van der Waals surface area contributed by atoms with Gasteiger partial charge in [-0.15, -0.1) is 0 Å². The first-order chi connectivity index (χ1) is 31.5. The lowest BCUT2D eigenvalue weighted by atomic mass is 10.1. The molecule has 366 valence electrons. The van der Waals surface area contributed by atoms with Crippen LogP contribution in [0.3, 0.4) is 0 Å². The molecule has 0 saturated carbocycles. The number of carbonyl (C=O) groups is 3. The molecule has 1 atom stereocenters. The summed E-state index contributed by atoms with van der Waals surface area (Å²) in [6, 6.07) is 0. The van der Waals surface area contributed by atoms with Crippen LogP contribution in [-0.2, 0) is 28.6 Å². The lowest BCUT2D eigenvalue weighted by Crippen LogP contribution is -2.30. The molecule has 0 spiro atoms. The molecule has 1 unspecified atom stereocenters. The summed E-state index contributed by atoms with van der Waals surface area (Å²) in [4.78, 5) is 37.9. The van der Waals surface area contributed by atoms with Crippen molar-refractivity contribution in [2.24, 2.45) is 0 Å². The Morgan fingerprint density at radius 3 is 1.06 bits per heavy atom. The fourth-order valence-electron chi connectivity index (χ4n) is 7.11. The monoisotopic (exact) mass is 891 g/mol. The van der Waals surface area contributed by atoms with Crippen molar-refractivity contribution in [1.29, 1.82) is 0 Å². The van der Waals surface area contributed by atoms with Gasteiger partial charge in [0.1, 0.15) is 13.2 Å². The van der Waals surface area contributed by atoms with Gasteiger partial charge < -0.3 is 14.2 Å². The molecule has 0 saturated heterocycles. The highest BCUT2D eigenvalue weighted by atomic mass is 16.6. The largest absolute Gasteiger partial charge is 0.462 e. The Hall–Kier alpha value is -3.41. The minimum atomic E-state index is -0.802. The van der Waals surface area contributed by atoms with Crippen molar-refractivity contribution in [3.63, 3.8) is 0 Å². The second-order valence-corrected chi connectivity index (χ2v) is 17.4. The van der Waals surface area contributed by atoms with Crippen molar-refractivity contribution in [3.8, 4) is 0 Å². The van der Waals surface area contributed by atoms with Gasteiger partial charge in [0.15, 0.2) is 6.10 Å². The summed E-state index contributed by atoms with van der Waals surface area (Å²) < 4.78 is 16.7. The van der Waals surface area contributed by atoms with Crippen molar-refractivity contribution < 1.29 is 28.6 Å². The normalized spacial score (nSPS) is 12.7. The molecule has 0 bridgehead atoms. The third kappa shape index (κ3) is 49.6. The third-order valence-electron chi connectivity index (χ3n) is 11.1. The second-order valence-electron chi connectivity index (χ2n) is 17.4. The predicted octanol–water partition coefficient (Wildman–Crippen LogP) is 17.6. The second kappa shape index (κ2) is 52.2. The van der Waals surface area contributed by atoms with Crippen molar-refractivity contribution in [1.82, 2.24) is 0 Å². The van der Waals surface area contributed by atoms with Gasteiger partial charge in [0, 0.05) is 19.3 Å². The van der Waals surface area contributed by atoms with E-state index in [1.54, 1.807) is 0 Å². The summed E-state index contributed by atoms with van der Waals surface area (Å²) in [6.45, 7) is 6.40. The Balaban J connectivity index is 4.37. The molecule has 0 aliphatic carbocycles. The quantitative estimate of drug-likeness (QED) is 0.0262. The number of allylic oxidation sites excluding steroid dienone is 14. The van der Waals surface area contributed by atoms with Gasteiger partial charge in [-0.25, -0.2) is 0 Å². The summed E-state index contributed by atoms with van der Waals surface area (Å²) in [6.07, 6.45) is 67.2. The van der Waals surface area contributed by atoms with Crippen LogP contribution < -0.4 is 0 Å². The molecule has 0 fully saturated rings. The molecule has 0 aliphatic heterocycles. The molecule has 64 heavy (non-hydrogen) atoms. The fraction of sp³-hybridized carbons (Fsp3) is 0.707. The highest BCUT2D eigenvalue weighted by Gasteiger charge is 2.19. The fourth-order valence-corrected chi connectivity index (χ4v) is 7.11. The molecule has 0 aromatic rings. The van der Waals surface area contributed by atoms with Crippen LogP contribution in [-0.4, -0.2) is 37.2 Å². The summed E-state index contributed by atoms with van der Waals surface area (Å²) in [7, 11) is 0. The van der Waals surface area contributed by atoms with E-state index in [9.17, 15) is 14.4 Å². The molecule has 0 N–H and O–H groups in total. The predicted molar refractivity (Wildman–Crippen MR) is 274 cm³/mol.